The second kappa shape index (κ2) is 8.61. The number of nitrogens with one attached hydrogen (secondary N) is 1. The predicted molar refractivity (Wildman–Crippen MR) is 117 cm³/mol. The molecular formula is C24H24N2O3. The summed E-state index contributed by atoms with van der Waals surface area (Å²) in [6, 6.07) is 15.1. The number of carbonyl (C=O) groups excluding carboxylic acids is 1. The predicted octanol–water partition coefficient (Wildman–Crippen LogP) is 4.84. The molecule has 0 radical (unpaired) electrons. The molecule has 5 nitrogen and oxygen atoms in total. The number of carbonyl (C=O) groups is 1. The lowest BCUT2D eigenvalue weighted by molar-refractivity contribution is -0.111. The maximum Gasteiger partial charge on any atom is 0.253 e. The Balaban J connectivity index is 2.12. The van der Waals surface area contributed by atoms with Crippen LogP contribution in [0.4, 0.5) is 5.69 Å². The van der Waals surface area contributed by atoms with Crippen molar-refractivity contribution in [3.05, 3.63) is 88.9 Å². The minimum atomic E-state index is -0.294. The first kappa shape index (κ1) is 20.1. The van der Waals surface area contributed by atoms with Crippen LogP contribution in [0.1, 0.15) is 18.1 Å². The summed E-state index contributed by atoms with van der Waals surface area (Å²) < 4.78 is 7.70. The SMILES string of the molecule is C=CC(=O)Nc1ccc(Oc2ccc(C)cc2)c(-c2cc(CC)c(=O)n(C)c2)c1. The fourth-order valence-electron chi connectivity index (χ4n) is 3.03. The summed E-state index contributed by atoms with van der Waals surface area (Å²) in [5.41, 5.74) is 4.07. The van der Waals surface area contributed by atoms with Crippen LogP contribution in [0.2, 0.25) is 0 Å². The highest BCUT2D eigenvalue weighted by atomic mass is 16.5. The second-order valence-electron chi connectivity index (χ2n) is 6.84. The van der Waals surface area contributed by atoms with Crippen LogP contribution in [0.15, 0.2) is 72.2 Å². The highest BCUT2D eigenvalue weighted by Crippen LogP contribution is 2.35. The minimum Gasteiger partial charge on any atom is -0.457 e. The number of anilines is 1. The van der Waals surface area contributed by atoms with E-state index in [1.54, 1.807) is 23.9 Å². The average Bonchev–Trinajstić information content (AvgIpc) is 2.72. The van der Waals surface area contributed by atoms with Crippen molar-refractivity contribution < 1.29 is 9.53 Å². The monoisotopic (exact) mass is 388 g/mol. The Morgan fingerprint density at radius 2 is 1.90 bits per heavy atom. The third kappa shape index (κ3) is 4.63. The van der Waals surface area contributed by atoms with E-state index >= 15 is 0 Å². The van der Waals surface area contributed by atoms with Gasteiger partial charge in [-0.2, -0.15) is 0 Å². The van der Waals surface area contributed by atoms with Crippen molar-refractivity contribution in [3.8, 4) is 22.6 Å². The summed E-state index contributed by atoms with van der Waals surface area (Å²) in [7, 11) is 1.73. The van der Waals surface area contributed by atoms with Gasteiger partial charge in [0, 0.05) is 35.6 Å². The minimum absolute atomic E-state index is 0.0200. The lowest BCUT2D eigenvalue weighted by atomic mass is 10.0. The number of nitrogens with zero attached hydrogens (tertiary/aromatic N) is 1. The topological polar surface area (TPSA) is 60.3 Å². The van der Waals surface area contributed by atoms with E-state index in [0.29, 0.717) is 29.2 Å². The smallest absolute Gasteiger partial charge is 0.253 e. The van der Waals surface area contributed by atoms with E-state index in [1.807, 2.05) is 56.3 Å². The largest absolute Gasteiger partial charge is 0.457 e. The van der Waals surface area contributed by atoms with Crippen LogP contribution in [-0.2, 0) is 18.3 Å². The molecule has 0 bridgehead atoms. The van der Waals surface area contributed by atoms with Crippen LogP contribution in [0.3, 0.4) is 0 Å². The van der Waals surface area contributed by atoms with Crippen LogP contribution in [0.25, 0.3) is 11.1 Å². The van der Waals surface area contributed by atoms with Crippen LogP contribution in [-0.4, -0.2) is 10.5 Å². The highest BCUT2D eigenvalue weighted by Gasteiger charge is 2.13. The molecule has 0 unspecified atom stereocenters. The van der Waals surface area contributed by atoms with Gasteiger partial charge in [0.25, 0.3) is 5.56 Å². The van der Waals surface area contributed by atoms with Gasteiger partial charge in [-0.05, 0) is 55.8 Å². The number of ether oxygens (including phenoxy) is 1. The molecule has 0 fully saturated rings. The van der Waals surface area contributed by atoms with E-state index < -0.39 is 0 Å². The number of hydrogen-bond donors (Lipinski definition) is 1. The zero-order chi connectivity index (χ0) is 21.0. The zero-order valence-corrected chi connectivity index (χ0v) is 16.9. The zero-order valence-electron chi connectivity index (χ0n) is 16.9. The lowest BCUT2D eigenvalue weighted by Crippen LogP contribution is -2.20. The van der Waals surface area contributed by atoms with Gasteiger partial charge in [-0.25, -0.2) is 0 Å². The van der Waals surface area contributed by atoms with Gasteiger partial charge in [0.05, 0.1) is 0 Å². The molecule has 29 heavy (non-hydrogen) atoms. The van der Waals surface area contributed by atoms with E-state index in [9.17, 15) is 9.59 Å². The molecule has 1 aromatic heterocycles. The molecule has 0 atom stereocenters. The molecule has 0 aliphatic carbocycles. The first-order valence-electron chi connectivity index (χ1n) is 9.43. The summed E-state index contributed by atoms with van der Waals surface area (Å²) in [4.78, 5) is 24.0. The third-order valence-corrected chi connectivity index (χ3v) is 4.63. The summed E-state index contributed by atoms with van der Waals surface area (Å²) >= 11 is 0. The van der Waals surface area contributed by atoms with E-state index in [4.69, 9.17) is 4.74 Å². The summed E-state index contributed by atoms with van der Waals surface area (Å²) in [5.74, 6) is 1.05. The van der Waals surface area contributed by atoms with Gasteiger partial charge < -0.3 is 14.6 Å². The molecule has 3 aromatic rings. The van der Waals surface area contributed by atoms with Crippen molar-refractivity contribution in [2.45, 2.75) is 20.3 Å². The third-order valence-electron chi connectivity index (χ3n) is 4.63. The fourth-order valence-corrected chi connectivity index (χ4v) is 3.03. The maximum absolute atomic E-state index is 12.3. The Kier molecular flexibility index (Phi) is 5.98. The number of pyridine rings is 1. The van der Waals surface area contributed by atoms with E-state index in [2.05, 4.69) is 11.9 Å². The first-order valence-corrected chi connectivity index (χ1v) is 9.43. The Bertz CT molecular complexity index is 1110. The Morgan fingerprint density at radius 3 is 2.55 bits per heavy atom. The first-order chi connectivity index (χ1) is 13.9. The van der Waals surface area contributed by atoms with E-state index in [0.717, 1.165) is 16.7 Å². The van der Waals surface area contributed by atoms with Crippen molar-refractivity contribution in [1.29, 1.82) is 0 Å². The summed E-state index contributed by atoms with van der Waals surface area (Å²) in [6.07, 6.45) is 3.62. The van der Waals surface area contributed by atoms with E-state index in [-0.39, 0.29) is 11.5 Å². The van der Waals surface area contributed by atoms with Gasteiger partial charge in [0.1, 0.15) is 11.5 Å². The number of amides is 1. The number of rotatable bonds is 6. The van der Waals surface area contributed by atoms with Crippen molar-refractivity contribution in [2.75, 3.05) is 5.32 Å². The molecule has 148 valence electrons. The molecule has 1 heterocycles. The van der Waals surface area contributed by atoms with Crippen LogP contribution in [0, 0.1) is 6.92 Å². The average molecular weight is 388 g/mol. The molecule has 1 N–H and O–H groups in total. The van der Waals surface area contributed by atoms with Crippen molar-refractivity contribution in [2.24, 2.45) is 7.05 Å². The summed E-state index contributed by atoms with van der Waals surface area (Å²) in [6.45, 7) is 7.45. The van der Waals surface area contributed by atoms with Gasteiger partial charge in [-0.15, -0.1) is 0 Å². The quantitative estimate of drug-likeness (QED) is 0.615. The molecule has 0 aliphatic heterocycles. The highest BCUT2D eigenvalue weighted by molar-refractivity contribution is 5.99. The normalized spacial score (nSPS) is 10.4. The molecule has 0 saturated carbocycles. The van der Waals surface area contributed by atoms with Crippen molar-refractivity contribution in [1.82, 2.24) is 4.57 Å². The van der Waals surface area contributed by atoms with Crippen LogP contribution < -0.4 is 15.6 Å². The fraction of sp³-hybridized carbons (Fsp3) is 0.167. The van der Waals surface area contributed by atoms with E-state index in [1.165, 1.54) is 6.08 Å². The van der Waals surface area contributed by atoms with Crippen molar-refractivity contribution in [3.63, 3.8) is 0 Å². The Morgan fingerprint density at radius 1 is 1.17 bits per heavy atom. The number of hydrogen-bond acceptors (Lipinski definition) is 3. The molecule has 0 aliphatic rings. The standard InChI is InChI=1S/C24H24N2O3/c1-5-17-13-18(15-26(4)24(17)28)21-14-19(25-23(27)6-2)9-12-22(21)29-20-10-7-16(3)8-11-20/h6-15H,2,5H2,1,3-4H3,(H,25,27). The Hall–Kier alpha value is -3.60. The lowest BCUT2D eigenvalue weighted by Gasteiger charge is -2.15. The molecule has 1 amide bonds. The second-order valence-corrected chi connectivity index (χ2v) is 6.84. The van der Waals surface area contributed by atoms with Gasteiger partial charge in [0.15, 0.2) is 0 Å². The molecule has 2 aromatic carbocycles. The molecular weight excluding hydrogens is 364 g/mol. The molecule has 0 spiro atoms. The summed E-state index contributed by atoms with van der Waals surface area (Å²) in [5, 5.41) is 2.77. The molecule has 3 rings (SSSR count). The maximum atomic E-state index is 12.3. The number of aromatic nitrogens is 1. The molecule has 5 heteroatoms. The Labute approximate surface area is 170 Å². The van der Waals surface area contributed by atoms with Gasteiger partial charge >= 0.3 is 0 Å². The van der Waals surface area contributed by atoms with Crippen molar-refractivity contribution >= 4 is 11.6 Å². The van der Waals surface area contributed by atoms with Gasteiger partial charge in [-0.3, -0.25) is 9.59 Å². The van der Waals surface area contributed by atoms with Gasteiger partial charge in [0.2, 0.25) is 5.91 Å². The number of benzene rings is 2. The van der Waals surface area contributed by atoms with Crippen LogP contribution in [0.5, 0.6) is 11.5 Å². The molecule has 0 saturated heterocycles. The van der Waals surface area contributed by atoms with Crippen LogP contribution >= 0.6 is 0 Å². The number of aryl methyl sites for hydroxylation is 3. The van der Waals surface area contributed by atoms with Gasteiger partial charge in [-0.1, -0.05) is 31.2 Å².